The largest absolute Gasteiger partial charge is 0.379 e. The Balaban J connectivity index is 0.00000182. The smallest absolute Gasteiger partial charge is 0.243 e. The highest BCUT2D eigenvalue weighted by Gasteiger charge is 2.21. The first kappa shape index (κ1) is 23.6. The number of morpholine rings is 2. The number of hydrogen-bond donors (Lipinski definition) is 3. The molecule has 3 N–H and O–H groups in total. The number of rotatable bonds is 5. The summed E-state index contributed by atoms with van der Waals surface area (Å²) < 4.78 is 10.6. The Bertz CT molecular complexity index is 591. The third kappa shape index (κ3) is 7.61. The zero-order chi connectivity index (χ0) is 17.5. The molecule has 2 heterocycles. The highest BCUT2D eigenvalue weighted by atomic mass is 35.5. The van der Waals surface area contributed by atoms with Crippen molar-refractivity contribution < 1.29 is 19.1 Å². The first-order chi connectivity index (χ1) is 12.2. The fourth-order valence-electron chi connectivity index (χ4n) is 2.76. The summed E-state index contributed by atoms with van der Waals surface area (Å²) in [6.07, 6.45) is 0. The van der Waals surface area contributed by atoms with E-state index in [1.54, 1.807) is 24.3 Å². The predicted molar refractivity (Wildman–Crippen MR) is 108 cm³/mol. The molecule has 8 nitrogen and oxygen atoms in total. The zero-order valence-corrected chi connectivity index (χ0v) is 16.6. The van der Waals surface area contributed by atoms with Crippen LogP contribution in [0.5, 0.6) is 0 Å². The van der Waals surface area contributed by atoms with Gasteiger partial charge in [-0.15, -0.1) is 24.8 Å². The van der Waals surface area contributed by atoms with Crippen molar-refractivity contribution in [1.82, 2.24) is 10.2 Å². The van der Waals surface area contributed by atoms with Crippen molar-refractivity contribution in [2.24, 2.45) is 0 Å². The topological polar surface area (TPSA) is 91.9 Å². The molecule has 10 heteroatoms. The number of nitrogens with zero attached hydrogens (tertiary/aromatic N) is 1. The molecular weight excluding hydrogens is 395 g/mol. The van der Waals surface area contributed by atoms with Crippen LogP contribution >= 0.6 is 24.8 Å². The lowest BCUT2D eigenvalue weighted by Crippen LogP contribution is -2.48. The van der Waals surface area contributed by atoms with Gasteiger partial charge in [-0.1, -0.05) is 0 Å². The van der Waals surface area contributed by atoms with Crippen LogP contribution in [0, 0.1) is 0 Å². The average molecular weight is 421 g/mol. The van der Waals surface area contributed by atoms with Crippen molar-refractivity contribution in [1.29, 1.82) is 0 Å². The van der Waals surface area contributed by atoms with Crippen LogP contribution in [0.4, 0.5) is 11.4 Å². The minimum Gasteiger partial charge on any atom is -0.379 e. The van der Waals surface area contributed by atoms with E-state index in [2.05, 4.69) is 20.9 Å². The quantitative estimate of drug-likeness (QED) is 0.650. The molecule has 0 bridgehead atoms. The van der Waals surface area contributed by atoms with Crippen molar-refractivity contribution >= 4 is 48.0 Å². The molecule has 0 aromatic heterocycles. The van der Waals surface area contributed by atoms with Crippen LogP contribution in [0.25, 0.3) is 0 Å². The van der Waals surface area contributed by atoms with Gasteiger partial charge in [0.2, 0.25) is 11.8 Å². The van der Waals surface area contributed by atoms with Crippen molar-refractivity contribution in [2.75, 3.05) is 63.2 Å². The monoisotopic (exact) mass is 420 g/mol. The third-order valence-corrected chi connectivity index (χ3v) is 4.15. The molecule has 2 saturated heterocycles. The van der Waals surface area contributed by atoms with Crippen LogP contribution < -0.4 is 16.0 Å². The van der Waals surface area contributed by atoms with Gasteiger partial charge in [-0.05, 0) is 24.3 Å². The van der Waals surface area contributed by atoms with Gasteiger partial charge < -0.3 is 25.4 Å². The molecule has 27 heavy (non-hydrogen) atoms. The standard InChI is InChI=1S/C17H24N4O4.2ClH/c22-16(11-21-6-9-24-10-7-21)19-13-1-3-14(4-2-13)20-17(23)15-12-25-8-5-18-15;;/h1-4,15,18H,5-12H2,(H,19,22)(H,20,23);2*1H. The van der Waals surface area contributed by atoms with Crippen molar-refractivity contribution in [2.45, 2.75) is 6.04 Å². The van der Waals surface area contributed by atoms with Gasteiger partial charge in [0.1, 0.15) is 6.04 Å². The van der Waals surface area contributed by atoms with Gasteiger partial charge in [0, 0.05) is 31.0 Å². The molecule has 3 rings (SSSR count). The first-order valence-corrected chi connectivity index (χ1v) is 8.53. The highest BCUT2D eigenvalue weighted by Crippen LogP contribution is 2.14. The van der Waals surface area contributed by atoms with Crippen molar-refractivity contribution in [3.05, 3.63) is 24.3 Å². The van der Waals surface area contributed by atoms with Gasteiger partial charge >= 0.3 is 0 Å². The lowest BCUT2D eigenvalue weighted by atomic mass is 10.2. The average Bonchev–Trinajstić information content (AvgIpc) is 2.65. The summed E-state index contributed by atoms with van der Waals surface area (Å²) in [7, 11) is 0. The Kier molecular flexibility index (Phi) is 10.6. The number of nitrogens with one attached hydrogen (secondary N) is 3. The molecule has 2 amide bonds. The van der Waals surface area contributed by atoms with Crippen LogP contribution in [0.1, 0.15) is 0 Å². The predicted octanol–water partition coefficient (Wildman–Crippen LogP) is 0.728. The van der Waals surface area contributed by atoms with E-state index in [9.17, 15) is 9.59 Å². The van der Waals surface area contributed by atoms with Gasteiger partial charge in [-0.3, -0.25) is 14.5 Å². The number of amides is 2. The van der Waals surface area contributed by atoms with Gasteiger partial charge in [-0.2, -0.15) is 0 Å². The Labute approximate surface area is 171 Å². The number of carbonyl (C=O) groups excluding carboxylic acids is 2. The molecule has 1 atom stereocenters. The molecule has 0 radical (unpaired) electrons. The van der Waals surface area contributed by atoms with E-state index in [-0.39, 0.29) is 42.7 Å². The van der Waals surface area contributed by atoms with Crippen LogP contribution in [0.3, 0.4) is 0 Å². The molecule has 2 aliphatic rings. The number of ether oxygens (including phenoxy) is 2. The van der Waals surface area contributed by atoms with Gasteiger partial charge in [0.05, 0.1) is 33.0 Å². The minimum atomic E-state index is -0.332. The Morgan fingerprint density at radius 1 is 1.00 bits per heavy atom. The number of halogens is 2. The summed E-state index contributed by atoms with van der Waals surface area (Å²) in [6.45, 7) is 4.92. The molecule has 2 aliphatic heterocycles. The van der Waals surface area contributed by atoms with Crippen LogP contribution in [0.15, 0.2) is 24.3 Å². The normalized spacial score (nSPS) is 19.9. The molecular formula is C17H26Cl2N4O4. The number of carbonyl (C=O) groups is 2. The molecule has 1 aromatic carbocycles. The summed E-state index contributed by atoms with van der Waals surface area (Å²) >= 11 is 0. The summed E-state index contributed by atoms with van der Waals surface area (Å²) in [5, 5.41) is 8.82. The van der Waals surface area contributed by atoms with Crippen LogP contribution in [-0.4, -0.2) is 75.4 Å². The Hall–Kier alpha value is -1.42. The maximum Gasteiger partial charge on any atom is 0.243 e. The highest BCUT2D eigenvalue weighted by molar-refractivity contribution is 5.96. The Morgan fingerprint density at radius 3 is 2.22 bits per heavy atom. The lowest BCUT2D eigenvalue weighted by molar-refractivity contribution is -0.121. The van der Waals surface area contributed by atoms with Crippen LogP contribution in [0.2, 0.25) is 0 Å². The number of hydrogen-bond acceptors (Lipinski definition) is 6. The fraction of sp³-hybridized carbons (Fsp3) is 0.529. The Morgan fingerprint density at radius 2 is 1.63 bits per heavy atom. The van der Waals surface area contributed by atoms with E-state index >= 15 is 0 Å². The zero-order valence-electron chi connectivity index (χ0n) is 14.9. The molecule has 0 saturated carbocycles. The van der Waals surface area contributed by atoms with E-state index < -0.39 is 0 Å². The summed E-state index contributed by atoms with van der Waals surface area (Å²) in [5.41, 5.74) is 1.39. The van der Waals surface area contributed by atoms with E-state index in [4.69, 9.17) is 9.47 Å². The summed E-state index contributed by atoms with van der Waals surface area (Å²) in [5.74, 6) is -0.175. The molecule has 1 unspecified atom stereocenters. The second-order valence-corrected chi connectivity index (χ2v) is 6.08. The van der Waals surface area contributed by atoms with E-state index in [1.807, 2.05) is 0 Å². The van der Waals surface area contributed by atoms with E-state index in [0.717, 1.165) is 13.1 Å². The molecule has 2 fully saturated rings. The van der Waals surface area contributed by atoms with E-state index in [0.29, 0.717) is 50.9 Å². The second kappa shape index (κ2) is 12.1. The van der Waals surface area contributed by atoms with Crippen molar-refractivity contribution in [3.63, 3.8) is 0 Å². The number of benzene rings is 1. The molecule has 0 spiro atoms. The molecule has 0 aliphatic carbocycles. The maximum atomic E-state index is 12.1. The lowest BCUT2D eigenvalue weighted by Gasteiger charge is -2.25. The van der Waals surface area contributed by atoms with Gasteiger partial charge in [-0.25, -0.2) is 0 Å². The third-order valence-electron chi connectivity index (χ3n) is 4.15. The minimum absolute atomic E-state index is 0. The SMILES string of the molecule is Cl.Cl.O=C(CN1CCOCC1)Nc1ccc(NC(=O)C2COCCN2)cc1. The van der Waals surface area contributed by atoms with E-state index in [1.165, 1.54) is 0 Å². The van der Waals surface area contributed by atoms with Gasteiger partial charge in [0.15, 0.2) is 0 Å². The maximum absolute atomic E-state index is 12.1. The van der Waals surface area contributed by atoms with Gasteiger partial charge in [0.25, 0.3) is 0 Å². The first-order valence-electron chi connectivity index (χ1n) is 8.53. The molecule has 1 aromatic rings. The summed E-state index contributed by atoms with van der Waals surface area (Å²) in [4.78, 5) is 26.2. The van der Waals surface area contributed by atoms with Crippen molar-refractivity contribution in [3.8, 4) is 0 Å². The second-order valence-electron chi connectivity index (χ2n) is 6.08. The molecule has 152 valence electrons. The summed E-state index contributed by atoms with van der Waals surface area (Å²) in [6, 6.07) is 6.76. The number of anilines is 2. The van der Waals surface area contributed by atoms with Crippen LogP contribution in [-0.2, 0) is 19.1 Å². The fourth-order valence-corrected chi connectivity index (χ4v) is 2.76.